The van der Waals surface area contributed by atoms with Gasteiger partial charge in [0.05, 0.1) is 21.2 Å². The summed E-state index contributed by atoms with van der Waals surface area (Å²) in [7, 11) is 0. The average molecular weight is 445 g/mol. The number of nitro benzene ring substituents is 1. The molecule has 0 heterocycles. The second kappa shape index (κ2) is 9.68. The first-order chi connectivity index (χ1) is 14.8. The second-order valence-electron chi connectivity index (χ2n) is 6.07. The van der Waals surface area contributed by atoms with Crippen LogP contribution in [0.3, 0.4) is 0 Å². The molecule has 1 amide bonds. The highest BCUT2D eigenvalue weighted by Gasteiger charge is 2.22. The van der Waals surface area contributed by atoms with Crippen LogP contribution in [0, 0.1) is 15.9 Å². The molecule has 0 saturated carbocycles. The van der Waals surface area contributed by atoms with Gasteiger partial charge in [-0.15, -0.1) is 0 Å². The first-order valence-corrected chi connectivity index (χ1v) is 9.14. The van der Waals surface area contributed by atoms with Crippen LogP contribution in [-0.2, 0) is 4.74 Å². The lowest BCUT2D eigenvalue weighted by molar-refractivity contribution is -0.384. The lowest BCUT2D eigenvalue weighted by atomic mass is 10.2. The fourth-order valence-electron chi connectivity index (χ4n) is 2.46. The zero-order valence-electron chi connectivity index (χ0n) is 15.7. The van der Waals surface area contributed by atoms with Crippen molar-refractivity contribution in [2.24, 2.45) is 0 Å². The van der Waals surface area contributed by atoms with Gasteiger partial charge in [0.2, 0.25) is 0 Å². The summed E-state index contributed by atoms with van der Waals surface area (Å²) in [6, 6.07) is 16.4. The summed E-state index contributed by atoms with van der Waals surface area (Å²) in [6.07, 6.45) is -0.975. The van der Waals surface area contributed by atoms with E-state index in [9.17, 15) is 24.1 Å². The highest BCUT2D eigenvalue weighted by Crippen LogP contribution is 2.25. The molecule has 8 nitrogen and oxygen atoms in total. The normalized spacial score (nSPS) is 10.3. The minimum Gasteiger partial charge on any atom is -0.440 e. The van der Waals surface area contributed by atoms with Crippen LogP contribution in [0.2, 0.25) is 5.02 Å². The van der Waals surface area contributed by atoms with Crippen LogP contribution in [0.5, 0.6) is 5.75 Å². The molecule has 10 heteroatoms. The van der Waals surface area contributed by atoms with Gasteiger partial charge < -0.3 is 9.47 Å². The van der Waals surface area contributed by atoms with Gasteiger partial charge in [-0.2, -0.15) is 0 Å². The number of non-ortho nitro benzene ring substituents is 1. The predicted molar refractivity (Wildman–Crippen MR) is 110 cm³/mol. The van der Waals surface area contributed by atoms with Crippen LogP contribution >= 0.6 is 11.6 Å². The smallest absolute Gasteiger partial charge is 0.422 e. The van der Waals surface area contributed by atoms with Gasteiger partial charge in [-0.05, 0) is 42.5 Å². The molecule has 158 valence electrons. The van der Waals surface area contributed by atoms with Gasteiger partial charge in [0.1, 0.15) is 11.6 Å². The highest BCUT2D eigenvalue weighted by atomic mass is 35.5. The van der Waals surface area contributed by atoms with Gasteiger partial charge >= 0.3 is 12.1 Å². The number of carbonyl (C=O) groups is 2. The number of amides is 1. The van der Waals surface area contributed by atoms with Crippen molar-refractivity contribution in [1.82, 2.24) is 0 Å². The fourth-order valence-corrected chi connectivity index (χ4v) is 2.63. The zero-order chi connectivity index (χ0) is 22.4. The van der Waals surface area contributed by atoms with Crippen LogP contribution in [-0.4, -0.2) is 23.7 Å². The number of nitro groups is 1. The molecule has 3 aromatic carbocycles. The van der Waals surface area contributed by atoms with E-state index in [-0.39, 0.29) is 27.7 Å². The number of esters is 1. The van der Waals surface area contributed by atoms with Crippen LogP contribution in [0.25, 0.3) is 0 Å². The molecule has 0 spiro atoms. The molecule has 3 aromatic rings. The van der Waals surface area contributed by atoms with Crippen molar-refractivity contribution in [3.63, 3.8) is 0 Å². The van der Waals surface area contributed by atoms with Crippen LogP contribution < -0.4 is 9.64 Å². The van der Waals surface area contributed by atoms with Gasteiger partial charge in [-0.1, -0.05) is 29.8 Å². The van der Waals surface area contributed by atoms with Gasteiger partial charge in [-0.3, -0.25) is 10.1 Å². The van der Waals surface area contributed by atoms with Crippen LogP contribution in [0.1, 0.15) is 10.4 Å². The number of nitrogens with zero attached hydrogens (tertiary/aromatic N) is 2. The third-order valence-corrected chi connectivity index (χ3v) is 4.31. The highest BCUT2D eigenvalue weighted by molar-refractivity contribution is 6.31. The van der Waals surface area contributed by atoms with Gasteiger partial charge in [0, 0.05) is 12.1 Å². The molecule has 0 saturated heterocycles. The Morgan fingerprint density at radius 2 is 1.71 bits per heavy atom. The van der Waals surface area contributed by atoms with Crippen molar-refractivity contribution >= 4 is 35.0 Å². The quantitative estimate of drug-likeness (QED) is 0.224. The summed E-state index contributed by atoms with van der Waals surface area (Å²) >= 11 is 5.80. The van der Waals surface area contributed by atoms with Crippen molar-refractivity contribution < 1.29 is 28.4 Å². The first-order valence-electron chi connectivity index (χ1n) is 8.76. The predicted octanol–water partition coefficient (Wildman–Crippen LogP) is 5.21. The van der Waals surface area contributed by atoms with E-state index in [0.717, 1.165) is 23.1 Å². The van der Waals surface area contributed by atoms with E-state index in [0.29, 0.717) is 0 Å². The Bertz CT molecular complexity index is 1110. The average Bonchev–Trinajstić information content (AvgIpc) is 2.77. The van der Waals surface area contributed by atoms with E-state index in [4.69, 9.17) is 21.1 Å². The summed E-state index contributed by atoms with van der Waals surface area (Å²) in [5, 5.41) is 10.5. The SMILES string of the molecule is O=C(OCN(C(=O)Oc1ccc([N+](=O)[O-])cc1)c1ccc(F)c(Cl)c1)c1ccccc1. The molecule has 31 heavy (non-hydrogen) atoms. The van der Waals surface area contributed by atoms with Gasteiger partial charge in [0.15, 0.2) is 6.73 Å². The molecule has 0 atom stereocenters. The lowest BCUT2D eigenvalue weighted by Gasteiger charge is -2.22. The summed E-state index contributed by atoms with van der Waals surface area (Å²) in [5.74, 6) is -1.37. The molecule has 0 bridgehead atoms. The number of hydrogen-bond donors (Lipinski definition) is 0. The van der Waals surface area contributed by atoms with Crippen molar-refractivity contribution in [3.05, 3.63) is 99.3 Å². The summed E-state index contributed by atoms with van der Waals surface area (Å²) < 4.78 is 23.9. The molecule has 0 aliphatic carbocycles. The minimum absolute atomic E-state index is 0.0168. The Labute approximate surface area is 180 Å². The van der Waals surface area contributed by atoms with Crippen LogP contribution in [0.15, 0.2) is 72.8 Å². The lowest BCUT2D eigenvalue weighted by Crippen LogP contribution is -2.36. The Morgan fingerprint density at radius 3 is 2.32 bits per heavy atom. The third-order valence-electron chi connectivity index (χ3n) is 4.02. The van der Waals surface area contributed by atoms with E-state index < -0.39 is 29.5 Å². The van der Waals surface area contributed by atoms with E-state index in [1.54, 1.807) is 18.2 Å². The Morgan fingerprint density at radius 1 is 1.03 bits per heavy atom. The topological polar surface area (TPSA) is 99.0 Å². The van der Waals surface area contributed by atoms with Crippen molar-refractivity contribution in [1.29, 1.82) is 0 Å². The molecule has 0 radical (unpaired) electrons. The number of hydrogen-bond acceptors (Lipinski definition) is 6. The van der Waals surface area contributed by atoms with Crippen LogP contribution in [0.4, 0.5) is 20.6 Å². The number of benzene rings is 3. The standard InChI is InChI=1S/C21H14ClFN2O6/c22-18-12-16(8-11-19(18)23)24(13-30-20(26)14-4-2-1-3-5-14)21(27)31-17-9-6-15(7-10-17)25(28)29/h1-12H,13H2. The molecule has 0 aromatic heterocycles. The maximum Gasteiger partial charge on any atom is 0.422 e. The second-order valence-corrected chi connectivity index (χ2v) is 6.48. The molecule has 0 fully saturated rings. The zero-order valence-corrected chi connectivity index (χ0v) is 16.5. The maximum absolute atomic E-state index is 13.5. The van der Waals surface area contributed by atoms with Gasteiger partial charge in [0.25, 0.3) is 5.69 Å². The number of halogens is 2. The Kier molecular flexibility index (Phi) is 6.78. The van der Waals surface area contributed by atoms with E-state index >= 15 is 0 Å². The minimum atomic E-state index is -0.975. The monoisotopic (exact) mass is 444 g/mol. The third kappa shape index (κ3) is 5.55. The first kappa shape index (κ1) is 21.7. The molecule has 0 aliphatic rings. The molecule has 0 aliphatic heterocycles. The van der Waals surface area contributed by atoms with E-state index in [1.807, 2.05) is 0 Å². The summed E-state index contributed by atoms with van der Waals surface area (Å²) in [5.41, 5.74) is 0.196. The number of ether oxygens (including phenoxy) is 2. The number of carbonyl (C=O) groups excluding carboxylic acids is 2. The van der Waals surface area contributed by atoms with Crippen molar-refractivity contribution in [2.75, 3.05) is 11.6 Å². The number of rotatable bonds is 6. The van der Waals surface area contributed by atoms with E-state index in [2.05, 4.69) is 0 Å². The van der Waals surface area contributed by atoms with Crippen molar-refractivity contribution in [2.45, 2.75) is 0 Å². The Hall–Kier alpha value is -3.98. The molecule has 3 rings (SSSR count). The summed E-state index contributed by atoms with van der Waals surface area (Å²) in [6.45, 7) is -0.554. The molecular formula is C21H14ClFN2O6. The Balaban J connectivity index is 1.80. The summed E-state index contributed by atoms with van der Waals surface area (Å²) in [4.78, 5) is 36.0. The van der Waals surface area contributed by atoms with Crippen molar-refractivity contribution in [3.8, 4) is 5.75 Å². The molecule has 0 N–H and O–H groups in total. The number of anilines is 1. The van der Waals surface area contributed by atoms with Gasteiger partial charge in [-0.25, -0.2) is 18.9 Å². The largest absolute Gasteiger partial charge is 0.440 e. The molecule has 0 unspecified atom stereocenters. The maximum atomic E-state index is 13.5. The fraction of sp³-hybridized carbons (Fsp3) is 0.0476. The van der Waals surface area contributed by atoms with E-state index in [1.165, 1.54) is 36.4 Å². The molecular weight excluding hydrogens is 431 g/mol.